The number of carbonyl (C=O) groups is 2. The molecular weight excluding hydrogens is 393 g/mol. The summed E-state index contributed by atoms with van der Waals surface area (Å²) in [7, 11) is 0. The van der Waals surface area contributed by atoms with Gasteiger partial charge < -0.3 is 10.4 Å². The zero-order valence-electron chi connectivity index (χ0n) is 11.1. The summed E-state index contributed by atoms with van der Waals surface area (Å²) >= 11 is 15.2. The van der Waals surface area contributed by atoms with E-state index in [2.05, 4.69) is 21.2 Å². The van der Waals surface area contributed by atoms with Gasteiger partial charge in [-0.05, 0) is 39.7 Å². The van der Waals surface area contributed by atoms with E-state index in [0.29, 0.717) is 25.8 Å². The summed E-state index contributed by atoms with van der Waals surface area (Å²) in [4.78, 5) is 23.2. The number of carboxylic acids is 1. The molecule has 7 heteroatoms. The number of hydrogen-bond acceptors (Lipinski definition) is 2. The third-order valence-electron chi connectivity index (χ3n) is 2.87. The first-order chi connectivity index (χ1) is 10.4. The van der Waals surface area contributed by atoms with E-state index in [4.69, 9.17) is 28.3 Å². The van der Waals surface area contributed by atoms with Crippen molar-refractivity contribution in [3.8, 4) is 0 Å². The Morgan fingerprint density at radius 1 is 1.14 bits per heavy atom. The fourth-order valence-corrected chi connectivity index (χ4v) is 2.60. The molecule has 0 spiro atoms. The van der Waals surface area contributed by atoms with Gasteiger partial charge in [0.1, 0.15) is 0 Å². The van der Waals surface area contributed by atoms with Crippen molar-refractivity contribution in [1.29, 1.82) is 0 Å². The molecule has 2 rings (SSSR count). The Kier molecular flexibility index (Phi) is 5.45. The van der Waals surface area contributed by atoms with Crippen LogP contribution < -0.4 is 5.32 Å². The number of rotatable bonds is 4. The second-order valence-corrected chi connectivity index (χ2v) is 6.05. The smallest absolute Gasteiger partial charge is 0.335 e. The largest absolute Gasteiger partial charge is 0.478 e. The van der Waals surface area contributed by atoms with Gasteiger partial charge >= 0.3 is 5.97 Å². The van der Waals surface area contributed by atoms with Crippen LogP contribution in [0, 0.1) is 0 Å². The Morgan fingerprint density at radius 2 is 1.73 bits per heavy atom. The maximum Gasteiger partial charge on any atom is 0.335 e. The maximum atomic E-state index is 12.1. The van der Waals surface area contributed by atoms with Crippen LogP contribution in [0.15, 0.2) is 40.9 Å². The SMILES string of the molecule is O=C(Cc1ccccc1C(=O)O)Nc1cc(Cl)c(Br)c(Cl)c1. The molecule has 2 aromatic carbocycles. The quantitative estimate of drug-likeness (QED) is 0.732. The molecule has 0 unspecified atom stereocenters. The number of amides is 1. The normalized spacial score (nSPS) is 10.3. The maximum absolute atomic E-state index is 12.1. The molecule has 1 amide bonds. The van der Waals surface area contributed by atoms with Crippen LogP contribution >= 0.6 is 39.1 Å². The van der Waals surface area contributed by atoms with E-state index in [0.717, 1.165) is 0 Å². The number of nitrogens with one attached hydrogen (secondary N) is 1. The summed E-state index contributed by atoms with van der Waals surface area (Å²) < 4.78 is 0.546. The van der Waals surface area contributed by atoms with Crippen LogP contribution in [0.3, 0.4) is 0 Å². The Morgan fingerprint density at radius 3 is 2.32 bits per heavy atom. The molecule has 2 N–H and O–H groups in total. The van der Waals surface area contributed by atoms with Gasteiger partial charge in [0.2, 0.25) is 5.91 Å². The van der Waals surface area contributed by atoms with Gasteiger partial charge in [0.15, 0.2) is 0 Å². The van der Waals surface area contributed by atoms with E-state index in [1.807, 2.05) is 0 Å². The Hall–Kier alpha value is -1.56. The molecule has 22 heavy (non-hydrogen) atoms. The number of carboxylic acid groups (broad SMARTS) is 1. The van der Waals surface area contributed by atoms with Crippen molar-refractivity contribution in [1.82, 2.24) is 0 Å². The van der Waals surface area contributed by atoms with E-state index in [9.17, 15) is 9.59 Å². The molecular formula is C15H10BrCl2NO3. The van der Waals surface area contributed by atoms with Crippen molar-refractivity contribution in [3.05, 3.63) is 62.0 Å². The van der Waals surface area contributed by atoms with Gasteiger partial charge in [-0.15, -0.1) is 0 Å². The summed E-state index contributed by atoms with van der Waals surface area (Å²) in [6.45, 7) is 0. The van der Waals surface area contributed by atoms with Crippen LogP contribution in [0.5, 0.6) is 0 Å². The second kappa shape index (κ2) is 7.13. The summed E-state index contributed by atoms with van der Waals surface area (Å²) in [5.74, 6) is -1.43. The molecule has 4 nitrogen and oxygen atoms in total. The minimum Gasteiger partial charge on any atom is -0.478 e. The van der Waals surface area contributed by atoms with Crippen molar-refractivity contribution < 1.29 is 14.7 Å². The van der Waals surface area contributed by atoms with Gasteiger partial charge in [-0.1, -0.05) is 41.4 Å². The molecule has 0 aliphatic rings. The van der Waals surface area contributed by atoms with Crippen LogP contribution in [0.4, 0.5) is 5.69 Å². The van der Waals surface area contributed by atoms with Crippen LogP contribution in [-0.4, -0.2) is 17.0 Å². The third kappa shape index (κ3) is 4.00. The number of aromatic carboxylic acids is 1. The first-order valence-corrected chi connectivity index (χ1v) is 7.69. The van der Waals surface area contributed by atoms with Crippen molar-refractivity contribution in [3.63, 3.8) is 0 Å². The summed E-state index contributed by atoms with van der Waals surface area (Å²) in [6.07, 6.45) is -0.0617. The molecule has 0 atom stereocenters. The Labute approximate surface area is 145 Å². The lowest BCUT2D eigenvalue weighted by molar-refractivity contribution is -0.115. The van der Waals surface area contributed by atoms with Gasteiger partial charge in [0.25, 0.3) is 0 Å². The molecule has 114 valence electrons. The average molecular weight is 403 g/mol. The van der Waals surface area contributed by atoms with Crippen molar-refractivity contribution in [2.24, 2.45) is 0 Å². The fourth-order valence-electron chi connectivity index (χ4n) is 1.89. The van der Waals surface area contributed by atoms with Crippen molar-refractivity contribution in [2.75, 3.05) is 5.32 Å². The first-order valence-electron chi connectivity index (χ1n) is 6.14. The highest BCUT2D eigenvalue weighted by molar-refractivity contribution is 9.10. The van der Waals surface area contributed by atoms with Crippen LogP contribution in [0.2, 0.25) is 10.0 Å². The summed E-state index contributed by atoms with van der Waals surface area (Å²) in [5.41, 5.74) is 0.974. The zero-order chi connectivity index (χ0) is 16.3. The van der Waals surface area contributed by atoms with Gasteiger partial charge in [-0.3, -0.25) is 4.79 Å². The number of hydrogen-bond donors (Lipinski definition) is 2. The number of carbonyl (C=O) groups excluding carboxylic acids is 1. The zero-order valence-corrected chi connectivity index (χ0v) is 14.2. The molecule has 0 aliphatic heterocycles. The third-order valence-corrected chi connectivity index (χ3v) is 4.77. The predicted molar refractivity (Wildman–Crippen MR) is 89.9 cm³/mol. The van der Waals surface area contributed by atoms with Crippen LogP contribution in [0.1, 0.15) is 15.9 Å². The predicted octanol–water partition coefficient (Wildman–Crippen LogP) is 4.64. The van der Waals surface area contributed by atoms with Crippen LogP contribution in [0.25, 0.3) is 0 Å². The minimum absolute atomic E-state index is 0.0617. The topological polar surface area (TPSA) is 66.4 Å². The molecule has 0 aromatic heterocycles. The summed E-state index contributed by atoms with van der Waals surface area (Å²) in [6, 6.07) is 9.46. The van der Waals surface area contributed by atoms with E-state index >= 15 is 0 Å². The molecule has 0 aliphatic carbocycles. The van der Waals surface area contributed by atoms with Crippen molar-refractivity contribution >= 4 is 56.7 Å². The fraction of sp³-hybridized carbons (Fsp3) is 0.0667. The van der Waals surface area contributed by atoms with Gasteiger partial charge in [-0.25, -0.2) is 4.79 Å². The first kappa shape index (κ1) is 16.8. The van der Waals surface area contributed by atoms with Gasteiger partial charge in [-0.2, -0.15) is 0 Å². The molecule has 2 aromatic rings. The Bertz CT molecular complexity index is 726. The van der Waals surface area contributed by atoms with Crippen LogP contribution in [-0.2, 0) is 11.2 Å². The standard InChI is InChI=1S/C15H10BrCl2NO3/c16-14-11(17)6-9(7-12(14)18)19-13(20)5-8-3-1-2-4-10(8)15(21)22/h1-4,6-7H,5H2,(H,19,20)(H,21,22). The molecule has 0 saturated heterocycles. The number of anilines is 1. The second-order valence-electron chi connectivity index (χ2n) is 4.44. The lowest BCUT2D eigenvalue weighted by Gasteiger charge is -2.09. The minimum atomic E-state index is -1.07. The highest BCUT2D eigenvalue weighted by Crippen LogP contribution is 2.33. The van der Waals surface area contributed by atoms with E-state index in [1.165, 1.54) is 6.07 Å². The van der Waals surface area contributed by atoms with Gasteiger partial charge in [0, 0.05) is 5.69 Å². The number of halogens is 3. The van der Waals surface area contributed by atoms with E-state index < -0.39 is 5.97 Å². The molecule has 0 bridgehead atoms. The lowest BCUT2D eigenvalue weighted by atomic mass is 10.0. The molecule has 0 saturated carbocycles. The lowest BCUT2D eigenvalue weighted by Crippen LogP contribution is -2.16. The Balaban J connectivity index is 2.16. The molecule has 0 fully saturated rings. The highest BCUT2D eigenvalue weighted by Gasteiger charge is 2.13. The molecule has 0 radical (unpaired) electrons. The molecule has 0 heterocycles. The van der Waals surface area contributed by atoms with Gasteiger partial charge in [0.05, 0.1) is 26.5 Å². The van der Waals surface area contributed by atoms with E-state index in [1.54, 1.807) is 30.3 Å². The average Bonchev–Trinajstić information content (AvgIpc) is 2.44. The monoisotopic (exact) mass is 401 g/mol. The number of benzene rings is 2. The summed E-state index contributed by atoms with van der Waals surface area (Å²) in [5, 5.41) is 12.5. The van der Waals surface area contributed by atoms with Crippen molar-refractivity contribution in [2.45, 2.75) is 6.42 Å². The highest BCUT2D eigenvalue weighted by atomic mass is 79.9. The van der Waals surface area contributed by atoms with E-state index in [-0.39, 0.29) is 17.9 Å².